The zero-order valence-corrected chi connectivity index (χ0v) is 19.6. The SMILES string of the molecule is CN=C(NCCc1nc(C)c(C)s1)NCc1nccn1Cc1ccccc1.I. The number of aryl methyl sites for hydroxylation is 2. The summed E-state index contributed by atoms with van der Waals surface area (Å²) in [6.07, 6.45) is 4.74. The quantitative estimate of drug-likeness (QED) is 0.290. The molecule has 0 saturated heterocycles. The fourth-order valence-electron chi connectivity index (χ4n) is 2.75. The molecule has 150 valence electrons. The molecule has 2 heterocycles. The summed E-state index contributed by atoms with van der Waals surface area (Å²) in [6, 6.07) is 10.4. The van der Waals surface area contributed by atoms with Crippen LogP contribution in [0.5, 0.6) is 0 Å². The van der Waals surface area contributed by atoms with Crippen LogP contribution >= 0.6 is 35.3 Å². The summed E-state index contributed by atoms with van der Waals surface area (Å²) in [5.41, 5.74) is 2.39. The van der Waals surface area contributed by atoms with E-state index in [1.165, 1.54) is 10.4 Å². The Kier molecular flexibility index (Phi) is 8.91. The minimum Gasteiger partial charge on any atom is -0.356 e. The van der Waals surface area contributed by atoms with Gasteiger partial charge < -0.3 is 15.2 Å². The van der Waals surface area contributed by atoms with Gasteiger partial charge in [-0.15, -0.1) is 35.3 Å². The molecule has 2 N–H and O–H groups in total. The molecule has 0 aliphatic rings. The van der Waals surface area contributed by atoms with Gasteiger partial charge in [-0.25, -0.2) is 9.97 Å². The summed E-state index contributed by atoms with van der Waals surface area (Å²) in [5, 5.41) is 7.84. The van der Waals surface area contributed by atoms with Crippen molar-refractivity contribution in [2.24, 2.45) is 4.99 Å². The second-order valence-corrected chi connectivity index (χ2v) is 7.60. The van der Waals surface area contributed by atoms with Gasteiger partial charge >= 0.3 is 0 Å². The van der Waals surface area contributed by atoms with Crippen LogP contribution in [0.25, 0.3) is 0 Å². The van der Waals surface area contributed by atoms with E-state index in [0.717, 1.165) is 42.0 Å². The highest BCUT2D eigenvalue weighted by atomic mass is 127. The number of thiazole rings is 1. The van der Waals surface area contributed by atoms with Gasteiger partial charge in [-0.1, -0.05) is 30.3 Å². The minimum absolute atomic E-state index is 0. The maximum Gasteiger partial charge on any atom is 0.191 e. The van der Waals surface area contributed by atoms with Crippen LogP contribution in [0, 0.1) is 13.8 Å². The van der Waals surface area contributed by atoms with Crippen molar-refractivity contribution in [2.75, 3.05) is 13.6 Å². The van der Waals surface area contributed by atoms with E-state index < -0.39 is 0 Å². The molecule has 0 fully saturated rings. The standard InChI is InChI=1S/C20H26N6S.HI/c1-15-16(2)27-19(25-15)9-10-23-20(21-3)24-13-18-22-11-12-26(18)14-17-7-5-4-6-8-17;/h4-8,11-12H,9-10,13-14H2,1-3H3,(H2,21,23,24);1H. The lowest BCUT2D eigenvalue weighted by molar-refractivity contribution is 0.687. The lowest BCUT2D eigenvalue weighted by Crippen LogP contribution is -2.38. The second-order valence-electron chi connectivity index (χ2n) is 6.31. The predicted molar refractivity (Wildman–Crippen MR) is 127 cm³/mol. The van der Waals surface area contributed by atoms with Crippen molar-refractivity contribution in [3.8, 4) is 0 Å². The van der Waals surface area contributed by atoms with Crippen LogP contribution in [0.3, 0.4) is 0 Å². The van der Waals surface area contributed by atoms with Crippen LogP contribution in [0.2, 0.25) is 0 Å². The number of imidazole rings is 1. The smallest absolute Gasteiger partial charge is 0.191 e. The zero-order valence-electron chi connectivity index (χ0n) is 16.5. The van der Waals surface area contributed by atoms with Gasteiger partial charge in [0.1, 0.15) is 5.82 Å². The van der Waals surface area contributed by atoms with E-state index in [4.69, 9.17) is 0 Å². The van der Waals surface area contributed by atoms with E-state index in [9.17, 15) is 0 Å². The largest absolute Gasteiger partial charge is 0.356 e. The lowest BCUT2D eigenvalue weighted by Gasteiger charge is -2.12. The van der Waals surface area contributed by atoms with Crippen LogP contribution in [-0.4, -0.2) is 34.1 Å². The number of halogens is 1. The first-order chi connectivity index (χ1) is 13.2. The third-order valence-corrected chi connectivity index (χ3v) is 5.47. The molecule has 28 heavy (non-hydrogen) atoms. The number of hydrogen-bond donors (Lipinski definition) is 2. The molecule has 3 rings (SSSR count). The number of rotatable bonds is 7. The van der Waals surface area contributed by atoms with Crippen molar-refractivity contribution in [3.63, 3.8) is 0 Å². The molecule has 0 saturated carbocycles. The molecule has 8 heteroatoms. The molecule has 0 aliphatic carbocycles. The van der Waals surface area contributed by atoms with Gasteiger partial charge in [0.05, 0.1) is 17.2 Å². The van der Waals surface area contributed by atoms with Gasteiger partial charge in [0, 0.05) is 43.8 Å². The van der Waals surface area contributed by atoms with Crippen molar-refractivity contribution in [3.05, 3.63) is 69.7 Å². The van der Waals surface area contributed by atoms with Crippen LogP contribution < -0.4 is 10.6 Å². The first kappa shape index (κ1) is 22.4. The Morgan fingerprint density at radius 3 is 2.64 bits per heavy atom. The van der Waals surface area contributed by atoms with Crippen molar-refractivity contribution in [2.45, 2.75) is 33.4 Å². The average molecular weight is 510 g/mol. The highest BCUT2D eigenvalue weighted by Gasteiger charge is 2.06. The Labute approximate surface area is 187 Å². The summed E-state index contributed by atoms with van der Waals surface area (Å²) in [6.45, 7) is 6.40. The van der Waals surface area contributed by atoms with E-state index in [1.807, 2.05) is 18.5 Å². The summed E-state index contributed by atoms with van der Waals surface area (Å²) in [5.74, 6) is 1.75. The molecular formula is C20H27IN6S. The highest BCUT2D eigenvalue weighted by molar-refractivity contribution is 14.0. The van der Waals surface area contributed by atoms with Crippen LogP contribution in [0.1, 0.15) is 27.0 Å². The van der Waals surface area contributed by atoms with Crippen molar-refractivity contribution < 1.29 is 0 Å². The van der Waals surface area contributed by atoms with E-state index >= 15 is 0 Å². The monoisotopic (exact) mass is 510 g/mol. The molecule has 0 amide bonds. The summed E-state index contributed by atoms with van der Waals surface area (Å²) in [4.78, 5) is 14.6. The molecule has 1 aromatic carbocycles. The predicted octanol–water partition coefficient (Wildman–Crippen LogP) is 3.53. The van der Waals surface area contributed by atoms with Gasteiger partial charge in [-0.2, -0.15) is 0 Å². The molecule has 3 aromatic rings. The molecule has 0 unspecified atom stereocenters. The molecule has 0 aliphatic heterocycles. The molecular weight excluding hydrogens is 483 g/mol. The van der Waals surface area contributed by atoms with Crippen LogP contribution in [0.15, 0.2) is 47.7 Å². The minimum atomic E-state index is 0. The number of aliphatic imine (C=N–C) groups is 1. The van der Waals surface area contributed by atoms with Gasteiger partial charge in [-0.05, 0) is 19.4 Å². The lowest BCUT2D eigenvalue weighted by atomic mass is 10.2. The Morgan fingerprint density at radius 2 is 1.96 bits per heavy atom. The van der Waals surface area contributed by atoms with E-state index in [-0.39, 0.29) is 24.0 Å². The number of nitrogens with one attached hydrogen (secondary N) is 2. The van der Waals surface area contributed by atoms with Crippen LogP contribution in [0.4, 0.5) is 0 Å². The molecule has 6 nitrogen and oxygen atoms in total. The number of guanidine groups is 1. The average Bonchev–Trinajstić information content (AvgIpc) is 3.25. The van der Waals surface area contributed by atoms with Gasteiger partial charge in [-0.3, -0.25) is 4.99 Å². The Bertz CT molecular complexity index is 868. The van der Waals surface area contributed by atoms with Crippen molar-refractivity contribution >= 4 is 41.3 Å². The second kappa shape index (κ2) is 11.2. The van der Waals surface area contributed by atoms with Crippen molar-refractivity contribution in [1.29, 1.82) is 0 Å². The first-order valence-corrected chi connectivity index (χ1v) is 9.88. The Hall–Kier alpha value is -1.94. The number of aromatic nitrogens is 3. The molecule has 0 spiro atoms. The summed E-state index contributed by atoms with van der Waals surface area (Å²) >= 11 is 1.76. The van der Waals surface area contributed by atoms with Crippen LogP contribution in [-0.2, 0) is 19.5 Å². The Balaban J connectivity index is 0.00000280. The normalized spacial score (nSPS) is 11.2. The molecule has 0 atom stereocenters. The third-order valence-electron chi connectivity index (χ3n) is 4.34. The topological polar surface area (TPSA) is 67.1 Å². The fraction of sp³-hybridized carbons (Fsp3) is 0.350. The molecule has 0 radical (unpaired) electrons. The number of hydrogen-bond acceptors (Lipinski definition) is 4. The van der Waals surface area contributed by atoms with Gasteiger partial charge in [0.2, 0.25) is 0 Å². The maximum absolute atomic E-state index is 4.58. The summed E-state index contributed by atoms with van der Waals surface area (Å²) < 4.78 is 2.15. The van der Waals surface area contributed by atoms with E-state index in [0.29, 0.717) is 6.54 Å². The molecule has 2 aromatic heterocycles. The number of nitrogens with zero attached hydrogens (tertiary/aromatic N) is 4. The van der Waals surface area contributed by atoms with Gasteiger partial charge in [0.25, 0.3) is 0 Å². The summed E-state index contributed by atoms with van der Waals surface area (Å²) in [7, 11) is 1.78. The molecule has 0 bridgehead atoms. The number of benzene rings is 1. The van der Waals surface area contributed by atoms with E-state index in [1.54, 1.807) is 18.4 Å². The third kappa shape index (κ3) is 6.30. The van der Waals surface area contributed by atoms with E-state index in [2.05, 4.69) is 68.3 Å². The van der Waals surface area contributed by atoms with Crippen molar-refractivity contribution in [1.82, 2.24) is 25.2 Å². The highest BCUT2D eigenvalue weighted by Crippen LogP contribution is 2.16. The fourth-order valence-corrected chi connectivity index (χ4v) is 3.68. The maximum atomic E-state index is 4.58. The first-order valence-electron chi connectivity index (χ1n) is 9.07. The van der Waals surface area contributed by atoms with Gasteiger partial charge in [0.15, 0.2) is 5.96 Å². The zero-order chi connectivity index (χ0) is 19.1. The Morgan fingerprint density at radius 1 is 1.18 bits per heavy atom.